The van der Waals surface area contributed by atoms with E-state index in [0.717, 1.165) is 5.56 Å². The van der Waals surface area contributed by atoms with Crippen LogP contribution >= 0.6 is 12.6 Å². The minimum Gasteiger partial charge on any atom is -0.486 e. The van der Waals surface area contributed by atoms with E-state index in [-0.39, 0.29) is 17.9 Å². The molecule has 0 aliphatic carbocycles. The van der Waals surface area contributed by atoms with Crippen molar-refractivity contribution in [3.8, 4) is 11.8 Å². The summed E-state index contributed by atoms with van der Waals surface area (Å²) in [4.78, 5) is 0.496. The number of ether oxygens (including phenoxy) is 1. The third-order valence-electron chi connectivity index (χ3n) is 2.38. The van der Waals surface area contributed by atoms with Crippen molar-refractivity contribution in [2.24, 2.45) is 0 Å². The number of nitrogens with zero attached hydrogens (tertiary/aromatic N) is 1. The van der Waals surface area contributed by atoms with E-state index in [0.29, 0.717) is 4.90 Å². The van der Waals surface area contributed by atoms with E-state index in [2.05, 4.69) is 12.6 Å². The van der Waals surface area contributed by atoms with Gasteiger partial charge in [-0.3, -0.25) is 0 Å². The zero-order valence-electron chi connectivity index (χ0n) is 9.43. The van der Waals surface area contributed by atoms with Crippen LogP contribution in [0.3, 0.4) is 0 Å². The van der Waals surface area contributed by atoms with Gasteiger partial charge < -0.3 is 4.74 Å². The van der Waals surface area contributed by atoms with Gasteiger partial charge in [-0.25, -0.2) is 4.39 Å². The van der Waals surface area contributed by atoms with Crippen LogP contribution in [0.15, 0.2) is 47.4 Å². The lowest BCUT2D eigenvalue weighted by atomic mass is 10.2. The minimum atomic E-state index is -0.647. The van der Waals surface area contributed by atoms with Gasteiger partial charge in [-0.15, -0.1) is 12.6 Å². The maximum atomic E-state index is 13.8. The maximum Gasteiger partial charge on any atom is 0.182 e. The van der Waals surface area contributed by atoms with Crippen LogP contribution in [-0.4, -0.2) is 0 Å². The van der Waals surface area contributed by atoms with Crippen LogP contribution < -0.4 is 4.74 Å². The average Bonchev–Trinajstić information content (AvgIpc) is 2.40. The van der Waals surface area contributed by atoms with Crippen molar-refractivity contribution in [3.63, 3.8) is 0 Å². The van der Waals surface area contributed by atoms with Crippen molar-refractivity contribution in [2.75, 3.05) is 0 Å². The molecular formula is C14H10FNOS. The molecule has 0 spiro atoms. The maximum absolute atomic E-state index is 13.8. The van der Waals surface area contributed by atoms with Crippen LogP contribution in [0.1, 0.15) is 11.1 Å². The fraction of sp³-hybridized carbons (Fsp3) is 0.0714. The standard InChI is InChI=1S/C14H10FNOS/c15-14-11(8-16)6-12(18)7-13(14)17-9-10-4-2-1-3-5-10/h1-7,18H,9H2. The van der Waals surface area contributed by atoms with Crippen LogP contribution in [0.25, 0.3) is 0 Å². The largest absolute Gasteiger partial charge is 0.486 e. The topological polar surface area (TPSA) is 33.0 Å². The number of thiol groups is 1. The number of hydrogen-bond donors (Lipinski definition) is 1. The summed E-state index contributed by atoms with van der Waals surface area (Å²) in [5.74, 6) is -0.603. The van der Waals surface area contributed by atoms with Gasteiger partial charge in [-0.2, -0.15) is 5.26 Å². The van der Waals surface area contributed by atoms with Crippen LogP contribution in [0, 0.1) is 17.1 Å². The summed E-state index contributed by atoms with van der Waals surface area (Å²) in [6.45, 7) is 0.250. The van der Waals surface area contributed by atoms with Gasteiger partial charge in [0.05, 0.1) is 5.56 Å². The van der Waals surface area contributed by atoms with Gasteiger partial charge in [-0.1, -0.05) is 30.3 Å². The Bertz CT molecular complexity index is 593. The van der Waals surface area contributed by atoms with E-state index in [4.69, 9.17) is 10.00 Å². The predicted octanol–water partition coefficient (Wildman–Crippen LogP) is 3.57. The quantitative estimate of drug-likeness (QED) is 0.855. The van der Waals surface area contributed by atoms with Gasteiger partial charge in [-0.05, 0) is 17.7 Å². The summed E-state index contributed by atoms with van der Waals surface area (Å²) in [6, 6.07) is 14.0. The molecule has 2 rings (SSSR count). The summed E-state index contributed by atoms with van der Waals surface area (Å²) in [5.41, 5.74) is 0.866. The first-order valence-corrected chi connectivity index (χ1v) is 5.75. The van der Waals surface area contributed by atoms with E-state index in [9.17, 15) is 4.39 Å². The Morgan fingerprint density at radius 1 is 1.22 bits per heavy atom. The van der Waals surface area contributed by atoms with Crippen molar-refractivity contribution < 1.29 is 9.13 Å². The SMILES string of the molecule is N#Cc1cc(S)cc(OCc2ccccc2)c1F. The lowest BCUT2D eigenvalue weighted by Gasteiger charge is -2.08. The first-order chi connectivity index (χ1) is 8.70. The Morgan fingerprint density at radius 3 is 2.61 bits per heavy atom. The van der Waals surface area contributed by atoms with E-state index in [1.54, 1.807) is 6.07 Å². The van der Waals surface area contributed by atoms with Gasteiger partial charge in [0.15, 0.2) is 11.6 Å². The first-order valence-electron chi connectivity index (χ1n) is 5.30. The molecule has 2 aromatic rings. The molecule has 2 aromatic carbocycles. The molecule has 2 nitrogen and oxygen atoms in total. The fourth-order valence-corrected chi connectivity index (χ4v) is 1.75. The molecule has 18 heavy (non-hydrogen) atoms. The first kappa shape index (κ1) is 12.5. The Labute approximate surface area is 110 Å². The van der Waals surface area contributed by atoms with Gasteiger partial charge >= 0.3 is 0 Å². The molecule has 4 heteroatoms. The summed E-state index contributed by atoms with van der Waals surface area (Å²) in [6.07, 6.45) is 0. The highest BCUT2D eigenvalue weighted by Gasteiger charge is 2.10. The molecule has 0 radical (unpaired) electrons. The second-order valence-corrected chi connectivity index (χ2v) is 4.21. The third kappa shape index (κ3) is 2.82. The van der Waals surface area contributed by atoms with Gasteiger partial charge in [0.25, 0.3) is 0 Å². The zero-order valence-corrected chi connectivity index (χ0v) is 10.3. The van der Waals surface area contributed by atoms with Crippen LogP contribution in [-0.2, 0) is 6.61 Å². The number of benzene rings is 2. The minimum absolute atomic E-state index is 0.0444. The highest BCUT2D eigenvalue weighted by Crippen LogP contribution is 2.25. The van der Waals surface area contributed by atoms with Crippen LogP contribution in [0.2, 0.25) is 0 Å². The monoisotopic (exact) mass is 259 g/mol. The van der Waals surface area contributed by atoms with Crippen LogP contribution in [0.4, 0.5) is 4.39 Å². The summed E-state index contributed by atoms with van der Waals surface area (Å²) < 4.78 is 19.1. The van der Waals surface area contributed by atoms with Crippen molar-refractivity contribution >= 4 is 12.6 Å². The van der Waals surface area contributed by atoms with Crippen molar-refractivity contribution in [1.82, 2.24) is 0 Å². The molecule has 0 unspecified atom stereocenters. The highest BCUT2D eigenvalue weighted by atomic mass is 32.1. The molecule has 0 bridgehead atoms. The molecule has 0 aliphatic rings. The normalized spacial score (nSPS) is 9.83. The Kier molecular flexibility index (Phi) is 3.85. The number of halogens is 1. The molecule has 0 amide bonds. The Morgan fingerprint density at radius 2 is 1.94 bits per heavy atom. The van der Waals surface area contributed by atoms with Gasteiger partial charge in [0.1, 0.15) is 12.7 Å². The van der Waals surface area contributed by atoms with Crippen molar-refractivity contribution in [3.05, 3.63) is 59.4 Å². The predicted molar refractivity (Wildman–Crippen MR) is 69.1 cm³/mol. The summed E-state index contributed by atoms with van der Waals surface area (Å²) in [5, 5.41) is 8.77. The van der Waals surface area contributed by atoms with Gasteiger partial charge in [0, 0.05) is 4.90 Å². The fourth-order valence-electron chi connectivity index (χ4n) is 1.51. The molecule has 0 saturated heterocycles. The van der Waals surface area contributed by atoms with Crippen molar-refractivity contribution in [2.45, 2.75) is 11.5 Å². The molecule has 0 atom stereocenters. The molecule has 0 fully saturated rings. The molecule has 90 valence electrons. The third-order valence-corrected chi connectivity index (χ3v) is 2.64. The smallest absolute Gasteiger partial charge is 0.182 e. The van der Waals surface area contributed by atoms with E-state index < -0.39 is 5.82 Å². The van der Waals surface area contributed by atoms with E-state index in [1.807, 2.05) is 30.3 Å². The second kappa shape index (κ2) is 5.56. The number of rotatable bonds is 3. The van der Waals surface area contributed by atoms with Crippen molar-refractivity contribution in [1.29, 1.82) is 5.26 Å². The van der Waals surface area contributed by atoms with E-state index >= 15 is 0 Å². The van der Waals surface area contributed by atoms with Crippen LogP contribution in [0.5, 0.6) is 5.75 Å². The molecular weight excluding hydrogens is 249 g/mol. The molecule has 0 N–H and O–H groups in total. The molecule has 0 aromatic heterocycles. The number of hydrogen-bond acceptors (Lipinski definition) is 3. The summed E-state index contributed by atoms with van der Waals surface area (Å²) >= 11 is 4.11. The Hall–Kier alpha value is -1.99. The molecule has 0 saturated carbocycles. The highest BCUT2D eigenvalue weighted by molar-refractivity contribution is 7.80. The lowest BCUT2D eigenvalue weighted by molar-refractivity contribution is 0.289. The van der Waals surface area contributed by atoms with Gasteiger partial charge in [0.2, 0.25) is 0 Å². The van der Waals surface area contributed by atoms with E-state index in [1.165, 1.54) is 12.1 Å². The lowest BCUT2D eigenvalue weighted by Crippen LogP contribution is -1.99. The zero-order chi connectivity index (χ0) is 13.0. The Balaban J connectivity index is 2.20. The molecule has 0 aliphatic heterocycles. The summed E-state index contributed by atoms with van der Waals surface area (Å²) in [7, 11) is 0. The molecule has 0 heterocycles. The second-order valence-electron chi connectivity index (χ2n) is 3.69. The number of nitriles is 1. The average molecular weight is 259 g/mol.